The number of aromatic amines is 1. The second-order valence-electron chi connectivity index (χ2n) is 6.33. The van der Waals surface area contributed by atoms with E-state index in [0.717, 1.165) is 31.2 Å². The summed E-state index contributed by atoms with van der Waals surface area (Å²) in [7, 11) is 0. The molecular weight excluding hydrogens is 336 g/mol. The molecule has 0 bridgehead atoms. The van der Waals surface area contributed by atoms with Crippen LogP contribution in [0, 0.1) is 0 Å². The molecule has 2 heterocycles. The number of hydrogen-bond donors (Lipinski definition) is 2. The van der Waals surface area contributed by atoms with Gasteiger partial charge >= 0.3 is 5.97 Å². The molecule has 128 valence electrons. The number of rotatable bonds is 4. The minimum absolute atomic E-state index is 0.0224. The minimum atomic E-state index is -1.03. The zero-order chi connectivity index (χ0) is 17.2. The highest BCUT2D eigenvalue weighted by molar-refractivity contribution is 7.99. The maximum Gasteiger partial charge on any atom is 0.359 e. The summed E-state index contributed by atoms with van der Waals surface area (Å²) in [4.78, 5) is 15.5. The van der Waals surface area contributed by atoms with Crippen molar-refractivity contribution in [2.45, 2.75) is 41.9 Å². The van der Waals surface area contributed by atoms with Gasteiger partial charge < -0.3 is 5.11 Å². The predicted molar refractivity (Wildman–Crippen MR) is 95.9 cm³/mol. The Morgan fingerprint density at radius 3 is 2.80 bits per heavy atom. The normalized spacial score (nSPS) is 20.6. The van der Waals surface area contributed by atoms with Crippen LogP contribution in [0.15, 0.2) is 41.6 Å². The van der Waals surface area contributed by atoms with Crippen LogP contribution in [0.3, 0.4) is 0 Å². The van der Waals surface area contributed by atoms with Crippen LogP contribution in [0.25, 0.3) is 10.9 Å². The van der Waals surface area contributed by atoms with E-state index in [4.69, 9.17) is 5.11 Å². The fraction of sp³-hybridized carbons (Fsp3) is 0.333. The van der Waals surface area contributed by atoms with Gasteiger partial charge in [0, 0.05) is 16.8 Å². The first-order chi connectivity index (χ1) is 12.2. The Hall–Kier alpha value is -2.41. The van der Waals surface area contributed by atoms with E-state index in [2.05, 4.69) is 44.7 Å². The molecule has 0 saturated heterocycles. The van der Waals surface area contributed by atoms with E-state index in [1.165, 1.54) is 22.7 Å². The van der Waals surface area contributed by atoms with Gasteiger partial charge in [0.25, 0.3) is 0 Å². The van der Waals surface area contributed by atoms with Crippen LogP contribution in [0.5, 0.6) is 0 Å². The summed E-state index contributed by atoms with van der Waals surface area (Å²) >= 11 is 1.53. The number of carboxylic acid groups (broad SMARTS) is 1. The van der Waals surface area contributed by atoms with Gasteiger partial charge in [-0.05, 0) is 55.4 Å². The van der Waals surface area contributed by atoms with Gasteiger partial charge in [-0.1, -0.05) is 23.9 Å². The fourth-order valence-corrected chi connectivity index (χ4v) is 4.62. The number of carboxylic acids is 1. The first kappa shape index (κ1) is 16.1. The summed E-state index contributed by atoms with van der Waals surface area (Å²) in [6.07, 6.45) is 6.12. The van der Waals surface area contributed by atoms with E-state index in [-0.39, 0.29) is 5.69 Å². The molecule has 0 amide bonds. The number of fused-ring (bicyclic) bond motifs is 1. The van der Waals surface area contributed by atoms with Crippen molar-refractivity contribution in [2.24, 2.45) is 0 Å². The quantitative estimate of drug-likeness (QED) is 0.739. The van der Waals surface area contributed by atoms with Gasteiger partial charge in [-0.25, -0.2) is 4.79 Å². The van der Waals surface area contributed by atoms with Gasteiger partial charge in [0.05, 0.1) is 5.52 Å². The molecule has 1 aliphatic carbocycles. The molecule has 25 heavy (non-hydrogen) atoms. The SMILES string of the molecule is O=C(O)c1n[nH]nc1SC1CCC(c2ccc3ncccc3c2)CC1. The highest BCUT2D eigenvalue weighted by Crippen LogP contribution is 2.40. The lowest BCUT2D eigenvalue weighted by atomic mass is 9.83. The zero-order valence-electron chi connectivity index (χ0n) is 13.6. The van der Waals surface area contributed by atoms with E-state index in [1.807, 2.05) is 12.3 Å². The highest BCUT2D eigenvalue weighted by Gasteiger charge is 2.26. The Labute approximate surface area is 149 Å². The second kappa shape index (κ2) is 6.84. The van der Waals surface area contributed by atoms with Crippen LogP contribution in [0.2, 0.25) is 0 Å². The van der Waals surface area contributed by atoms with Crippen molar-refractivity contribution in [3.8, 4) is 0 Å². The molecule has 0 spiro atoms. The number of pyridine rings is 1. The Kier molecular flexibility index (Phi) is 4.40. The summed E-state index contributed by atoms with van der Waals surface area (Å²) in [6, 6.07) is 10.6. The number of aromatic carboxylic acids is 1. The monoisotopic (exact) mass is 354 g/mol. The van der Waals surface area contributed by atoms with Crippen LogP contribution in [-0.4, -0.2) is 36.7 Å². The Bertz CT molecular complexity index is 903. The van der Waals surface area contributed by atoms with Gasteiger partial charge in [0.2, 0.25) is 5.69 Å². The molecule has 1 saturated carbocycles. The Morgan fingerprint density at radius 1 is 1.16 bits per heavy atom. The van der Waals surface area contributed by atoms with E-state index < -0.39 is 5.97 Å². The number of carbonyl (C=O) groups is 1. The number of thioether (sulfide) groups is 1. The van der Waals surface area contributed by atoms with E-state index in [0.29, 0.717) is 16.2 Å². The van der Waals surface area contributed by atoms with Crippen LogP contribution in [0.1, 0.15) is 47.7 Å². The van der Waals surface area contributed by atoms with Gasteiger partial charge in [0.1, 0.15) is 0 Å². The average Bonchev–Trinajstić information content (AvgIpc) is 3.10. The topological polar surface area (TPSA) is 91.8 Å². The third-order valence-corrected chi connectivity index (χ3v) is 6.08. The molecule has 0 radical (unpaired) electrons. The summed E-state index contributed by atoms with van der Waals surface area (Å²) < 4.78 is 0. The van der Waals surface area contributed by atoms with Crippen molar-refractivity contribution in [2.75, 3.05) is 0 Å². The average molecular weight is 354 g/mol. The standard InChI is InChI=1S/C18H18N4O2S/c23-18(24)16-17(21-22-20-16)25-14-6-3-11(4-7-14)12-5-8-15-13(10-12)2-1-9-19-15/h1-2,5,8-11,14H,3-4,6-7H2,(H,23,24)(H,20,21,22). The van der Waals surface area contributed by atoms with Crippen molar-refractivity contribution in [1.82, 2.24) is 20.4 Å². The fourth-order valence-electron chi connectivity index (χ4n) is 3.46. The van der Waals surface area contributed by atoms with Gasteiger partial charge in [0.15, 0.2) is 5.03 Å². The number of H-pyrrole nitrogens is 1. The molecule has 3 aromatic rings. The number of benzene rings is 1. The van der Waals surface area contributed by atoms with Gasteiger partial charge in [-0.2, -0.15) is 5.21 Å². The number of nitrogens with zero attached hydrogens (tertiary/aromatic N) is 3. The molecule has 1 aromatic carbocycles. The molecule has 7 heteroatoms. The molecule has 6 nitrogen and oxygen atoms in total. The molecule has 2 aromatic heterocycles. The second-order valence-corrected chi connectivity index (χ2v) is 7.62. The first-order valence-corrected chi connectivity index (χ1v) is 9.24. The largest absolute Gasteiger partial charge is 0.476 e. The number of nitrogens with one attached hydrogen (secondary N) is 1. The Morgan fingerprint density at radius 2 is 2.00 bits per heavy atom. The van der Waals surface area contributed by atoms with E-state index >= 15 is 0 Å². The molecule has 1 aliphatic rings. The van der Waals surface area contributed by atoms with Gasteiger partial charge in [-0.3, -0.25) is 4.98 Å². The minimum Gasteiger partial charge on any atom is -0.476 e. The maximum absolute atomic E-state index is 11.1. The molecule has 0 atom stereocenters. The zero-order valence-corrected chi connectivity index (χ0v) is 14.4. The van der Waals surface area contributed by atoms with Crippen LogP contribution in [0.4, 0.5) is 0 Å². The van der Waals surface area contributed by atoms with Crippen molar-refractivity contribution < 1.29 is 9.90 Å². The molecule has 0 unspecified atom stereocenters. The molecule has 0 aliphatic heterocycles. The third-order valence-electron chi connectivity index (χ3n) is 4.77. The maximum atomic E-state index is 11.1. The predicted octanol–water partition coefficient (Wildman–Crippen LogP) is 3.87. The number of hydrogen-bond acceptors (Lipinski definition) is 5. The lowest BCUT2D eigenvalue weighted by Crippen LogP contribution is -2.15. The summed E-state index contributed by atoms with van der Waals surface area (Å²) in [5.41, 5.74) is 2.42. The Balaban J connectivity index is 1.42. The van der Waals surface area contributed by atoms with Crippen LogP contribution < -0.4 is 0 Å². The van der Waals surface area contributed by atoms with E-state index in [9.17, 15) is 4.79 Å². The van der Waals surface area contributed by atoms with Crippen molar-refractivity contribution in [1.29, 1.82) is 0 Å². The lowest BCUT2D eigenvalue weighted by molar-refractivity contribution is 0.0686. The summed E-state index contributed by atoms with van der Waals surface area (Å²) in [5.74, 6) is -0.479. The van der Waals surface area contributed by atoms with Gasteiger partial charge in [-0.15, -0.1) is 10.2 Å². The van der Waals surface area contributed by atoms with Crippen LogP contribution >= 0.6 is 11.8 Å². The molecule has 1 fully saturated rings. The molecular formula is C18H18N4O2S. The smallest absolute Gasteiger partial charge is 0.359 e. The highest BCUT2D eigenvalue weighted by atomic mass is 32.2. The molecule has 4 rings (SSSR count). The van der Waals surface area contributed by atoms with Crippen molar-refractivity contribution >= 4 is 28.6 Å². The van der Waals surface area contributed by atoms with Crippen molar-refractivity contribution in [3.63, 3.8) is 0 Å². The first-order valence-electron chi connectivity index (χ1n) is 8.36. The number of aromatic nitrogens is 4. The summed E-state index contributed by atoms with van der Waals surface area (Å²) in [6.45, 7) is 0. The molecule has 2 N–H and O–H groups in total. The van der Waals surface area contributed by atoms with Crippen molar-refractivity contribution in [3.05, 3.63) is 47.8 Å². The summed E-state index contributed by atoms with van der Waals surface area (Å²) in [5, 5.41) is 21.3. The lowest BCUT2D eigenvalue weighted by Gasteiger charge is -2.28. The van der Waals surface area contributed by atoms with E-state index in [1.54, 1.807) is 0 Å². The third kappa shape index (κ3) is 3.37. The van der Waals surface area contributed by atoms with Crippen LogP contribution in [-0.2, 0) is 0 Å².